The molecule has 0 spiro atoms. The van der Waals surface area contributed by atoms with Gasteiger partial charge in [-0.1, -0.05) is 12.1 Å². The number of allylic oxidation sites excluding steroid dienone is 1. The third kappa shape index (κ3) is 5.60. The number of fused-ring (bicyclic) bond motifs is 1. The molecule has 0 bridgehead atoms. The number of hydrogen-bond donors (Lipinski definition) is 1. The van der Waals surface area contributed by atoms with Gasteiger partial charge in [-0.15, -0.1) is 0 Å². The second-order valence-corrected chi connectivity index (χ2v) is 9.51. The first kappa shape index (κ1) is 27.0. The Balaban J connectivity index is 1.49. The van der Waals surface area contributed by atoms with Crippen LogP contribution < -0.4 is 14.2 Å². The van der Waals surface area contributed by atoms with Gasteiger partial charge in [0.1, 0.15) is 29.7 Å². The lowest BCUT2D eigenvalue weighted by molar-refractivity contribution is -0.135. The lowest BCUT2D eigenvalue weighted by atomic mass is 10.1. The van der Waals surface area contributed by atoms with E-state index in [1.54, 1.807) is 31.2 Å². The smallest absolute Gasteiger partial charge is 0.346 e. The van der Waals surface area contributed by atoms with E-state index in [0.717, 1.165) is 23.1 Å². The van der Waals surface area contributed by atoms with E-state index >= 15 is 0 Å². The summed E-state index contributed by atoms with van der Waals surface area (Å²) in [6.07, 6.45) is 1.58. The molecular formula is C28H29N3O6S. The molecule has 4 rings (SSSR count). The Hall–Kier alpha value is -4.05. The SMILES string of the molecule is CCOc1cc(/C=C2/C(=N)N3C(=NC2=O)SC(C(=O)OC)=C3C)ccc1OCCOc1ccc(C)c(C)c1. The number of esters is 1. The van der Waals surface area contributed by atoms with Crippen molar-refractivity contribution in [1.82, 2.24) is 4.90 Å². The number of methoxy groups -OCH3 is 1. The molecule has 198 valence electrons. The summed E-state index contributed by atoms with van der Waals surface area (Å²) in [4.78, 5) is 30.7. The number of hydrogen-bond acceptors (Lipinski definition) is 8. The van der Waals surface area contributed by atoms with Crippen LogP contribution in [0.25, 0.3) is 6.08 Å². The molecular weight excluding hydrogens is 506 g/mol. The minimum atomic E-state index is -0.561. The molecule has 1 amide bonds. The van der Waals surface area contributed by atoms with Crippen molar-refractivity contribution in [3.63, 3.8) is 0 Å². The van der Waals surface area contributed by atoms with Gasteiger partial charge in [-0.05, 0) is 86.5 Å². The van der Waals surface area contributed by atoms with E-state index in [1.807, 2.05) is 32.0 Å². The van der Waals surface area contributed by atoms with Gasteiger partial charge in [0.15, 0.2) is 16.7 Å². The van der Waals surface area contributed by atoms with E-state index in [2.05, 4.69) is 11.9 Å². The molecule has 0 aliphatic carbocycles. The van der Waals surface area contributed by atoms with Gasteiger partial charge < -0.3 is 18.9 Å². The van der Waals surface area contributed by atoms with Crippen LogP contribution in [0, 0.1) is 19.3 Å². The molecule has 10 heteroatoms. The van der Waals surface area contributed by atoms with E-state index < -0.39 is 11.9 Å². The van der Waals surface area contributed by atoms with E-state index in [1.165, 1.54) is 17.6 Å². The molecule has 2 aliphatic heterocycles. The molecule has 9 nitrogen and oxygen atoms in total. The topological polar surface area (TPSA) is 111 Å². The maximum atomic E-state index is 12.8. The van der Waals surface area contributed by atoms with Crippen LogP contribution in [-0.2, 0) is 14.3 Å². The van der Waals surface area contributed by atoms with Crippen LogP contribution in [0.2, 0.25) is 0 Å². The molecule has 2 aromatic rings. The number of benzene rings is 2. The maximum absolute atomic E-state index is 12.8. The number of aliphatic imine (C=N–C) groups is 1. The number of thioether (sulfide) groups is 1. The molecule has 0 saturated heterocycles. The van der Waals surface area contributed by atoms with Gasteiger partial charge in [-0.3, -0.25) is 15.1 Å². The summed E-state index contributed by atoms with van der Waals surface area (Å²) in [6, 6.07) is 11.2. The Labute approximate surface area is 225 Å². The fourth-order valence-corrected chi connectivity index (χ4v) is 4.89. The fraction of sp³-hybridized carbons (Fsp3) is 0.286. The van der Waals surface area contributed by atoms with Gasteiger partial charge in [-0.25, -0.2) is 4.79 Å². The predicted molar refractivity (Wildman–Crippen MR) is 147 cm³/mol. The Bertz CT molecular complexity index is 1390. The molecule has 38 heavy (non-hydrogen) atoms. The third-order valence-corrected chi connectivity index (χ3v) is 7.12. The lowest BCUT2D eigenvalue weighted by Gasteiger charge is -2.25. The second-order valence-electron chi connectivity index (χ2n) is 8.53. The van der Waals surface area contributed by atoms with Crippen molar-refractivity contribution >= 4 is 40.7 Å². The van der Waals surface area contributed by atoms with E-state index in [9.17, 15) is 9.59 Å². The van der Waals surface area contributed by atoms with Gasteiger partial charge in [0.25, 0.3) is 5.91 Å². The van der Waals surface area contributed by atoms with Crippen LogP contribution in [0.4, 0.5) is 0 Å². The highest BCUT2D eigenvalue weighted by molar-refractivity contribution is 8.18. The first-order chi connectivity index (χ1) is 18.2. The number of nitrogens with one attached hydrogen (secondary N) is 1. The Morgan fingerprint density at radius 2 is 1.79 bits per heavy atom. The van der Waals surface area contributed by atoms with Crippen LogP contribution in [0.3, 0.4) is 0 Å². The molecule has 0 aromatic heterocycles. The number of carbonyl (C=O) groups is 2. The highest BCUT2D eigenvalue weighted by Crippen LogP contribution is 2.39. The summed E-state index contributed by atoms with van der Waals surface area (Å²) in [5, 5.41) is 8.90. The number of amidine groups is 2. The zero-order chi connectivity index (χ0) is 27.4. The van der Waals surface area contributed by atoms with E-state index in [-0.39, 0.29) is 16.6 Å². The molecule has 2 heterocycles. The summed E-state index contributed by atoms with van der Waals surface area (Å²) in [7, 11) is 1.28. The molecule has 2 aliphatic rings. The molecule has 0 saturated carbocycles. The quantitative estimate of drug-likeness (QED) is 0.275. The van der Waals surface area contributed by atoms with Crippen molar-refractivity contribution in [1.29, 1.82) is 5.41 Å². The number of aryl methyl sites for hydroxylation is 2. The van der Waals surface area contributed by atoms with Crippen molar-refractivity contribution < 1.29 is 28.5 Å². The molecule has 0 fully saturated rings. The Morgan fingerprint density at radius 3 is 2.50 bits per heavy atom. The summed E-state index contributed by atoms with van der Waals surface area (Å²) in [5.74, 6) is 0.675. The molecule has 0 unspecified atom stereocenters. The lowest BCUT2D eigenvalue weighted by Crippen LogP contribution is -2.37. The Kier molecular flexibility index (Phi) is 8.21. The third-order valence-electron chi connectivity index (χ3n) is 5.99. The summed E-state index contributed by atoms with van der Waals surface area (Å²) < 4.78 is 22.3. The molecule has 2 aromatic carbocycles. The highest BCUT2D eigenvalue weighted by atomic mass is 32.2. The van der Waals surface area contributed by atoms with Crippen molar-refractivity contribution in [2.24, 2.45) is 4.99 Å². The molecule has 0 radical (unpaired) electrons. The minimum absolute atomic E-state index is 0.0642. The summed E-state index contributed by atoms with van der Waals surface area (Å²) in [5.41, 5.74) is 3.60. The minimum Gasteiger partial charge on any atom is -0.490 e. The second kappa shape index (κ2) is 11.6. The standard InChI is InChI=1S/C28H29N3O6S/c1-6-35-23-15-19(8-10-22(23)37-12-11-36-20-9-7-16(2)17(3)13-20)14-21-25(29)31-18(4)24(27(33)34-5)38-28(31)30-26(21)32/h7-10,13-15,29H,6,11-12H2,1-5H3/b21-14-,29-25?. The number of rotatable bonds is 9. The van der Waals surface area contributed by atoms with Crippen LogP contribution >= 0.6 is 11.8 Å². The molecule has 0 atom stereocenters. The number of nitrogens with zero attached hydrogens (tertiary/aromatic N) is 2. The molecule has 1 N–H and O–H groups in total. The summed E-state index contributed by atoms with van der Waals surface area (Å²) >= 11 is 1.02. The monoisotopic (exact) mass is 535 g/mol. The fourth-order valence-electron chi connectivity index (χ4n) is 3.86. The largest absolute Gasteiger partial charge is 0.490 e. The number of amides is 1. The maximum Gasteiger partial charge on any atom is 0.346 e. The van der Waals surface area contributed by atoms with Gasteiger partial charge in [0, 0.05) is 5.70 Å². The van der Waals surface area contributed by atoms with Gasteiger partial charge >= 0.3 is 5.97 Å². The average molecular weight is 536 g/mol. The van der Waals surface area contributed by atoms with Crippen molar-refractivity contribution in [2.75, 3.05) is 26.9 Å². The van der Waals surface area contributed by atoms with Gasteiger partial charge in [0.2, 0.25) is 0 Å². The van der Waals surface area contributed by atoms with E-state index in [0.29, 0.717) is 47.5 Å². The normalized spacial score (nSPS) is 16.0. The van der Waals surface area contributed by atoms with Gasteiger partial charge in [0.05, 0.1) is 19.3 Å². The van der Waals surface area contributed by atoms with Gasteiger partial charge in [-0.2, -0.15) is 4.99 Å². The highest BCUT2D eigenvalue weighted by Gasteiger charge is 2.39. The van der Waals surface area contributed by atoms with Crippen LogP contribution in [0.5, 0.6) is 17.2 Å². The first-order valence-corrected chi connectivity index (χ1v) is 12.9. The zero-order valence-corrected chi connectivity index (χ0v) is 22.7. The average Bonchev–Trinajstić information content (AvgIpc) is 3.22. The first-order valence-electron chi connectivity index (χ1n) is 12.0. The number of ether oxygens (including phenoxy) is 4. The van der Waals surface area contributed by atoms with Crippen molar-refractivity contribution in [3.8, 4) is 17.2 Å². The Morgan fingerprint density at radius 1 is 1.03 bits per heavy atom. The van der Waals surface area contributed by atoms with E-state index in [4.69, 9.17) is 24.4 Å². The number of carbonyl (C=O) groups excluding carboxylic acids is 2. The zero-order valence-electron chi connectivity index (χ0n) is 21.9. The van der Waals surface area contributed by atoms with Crippen LogP contribution in [-0.4, -0.2) is 54.7 Å². The van der Waals surface area contributed by atoms with Crippen molar-refractivity contribution in [2.45, 2.75) is 27.7 Å². The van der Waals surface area contributed by atoms with Crippen LogP contribution in [0.15, 0.2) is 57.6 Å². The summed E-state index contributed by atoms with van der Waals surface area (Å²) in [6.45, 7) is 8.75. The predicted octanol–water partition coefficient (Wildman–Crippen LogP) is 4.87. The van der Waals surface area contributed by atoms with Crippen molar-refractivity contribution in [3.05, 3.63) is 69.3 Å². The van der Waals surface area contributed by atoms with Crippen LogP contribution in [0.1, 0.15) is 30.5 Å².